The van der Waals surface area contributed by atoms with Crippen molar-refractivity contribution in [2.45, 2.75) is 65.2 Å². The molecule has 0 aromatic rings. The van der Waals surface area contributed by atoms with Gasteiger partial charge in [-0.3, -0.25) is 4.79 Å². The van der Waals surface area contributed by atoms with E-state index >= 15 is 0 Å². The Labute approximate surface area is 187 Å². The summed E-state index contributed by atoms with van der Waals surface area (Å²) in [5.74, 6) is 4.16. The fraction of sp³-hybridized carbons (Fsp3) is 0.920. The maximum absolute atomic E-state index is 12.4. The van der Waals surface area contributed by atoms with Crippen LogP contribution in [0.3, 0.4) is 0 Å². The van der Waals surface area contributed by atoms with Crippen molar-refractivity contribution < 1.29 is 23.8 Å². The van der Waals surface area contributed by atoms with Gasteiger partial charge in [0.15, 0.2) is 0 Å². The Morgan fingerprint density at radius 3 is 2.32 bits per heavy atom. The van der Waals surface area contributed by atoms with E-state index in [2.05, 4.69) is 11.8 Å². The first-order valence-corrected chi connectivity index (χ1v) is 12.7. The van der Waals surface area contributed by atoms with E-state index in [4.69, 9.17) is 14.2 Å². The second kappa shape index (κ2) is 10.5. The Morgan fingerprint density at radius 1 is 0.968 bits per heavy atom. The van der Waals surface area contributed by atoms with Crippen LogP contribution in [-0.4, -0.2) is 56.5 Å². The molecule has 0 spiro atoms. The number of ether oxygens (including phenoxy) is 3. The van der Waals surface area contributed by atoms with Gasteiger partial charge in [-0.25, -0.2) is 4.79 Å². The third kappa shape index (κ3) is 6.15. The van der Waals surface area contributed by atoms with Crippen LogP contribution in [0.5, 0.6) is 0 Å². The molecule has 6 heteroatoms. The van der Waals surface area contributed by atoms with E-state index < -0.39 is 6.16 Å². The van der Waals surface area contributed by atoms with Crippen LogP contribution in [0.1, 0.15) is 65.2 Å². The predicted molar refractivity (Wildman–Crippen MR) is 117 cm³/mol. The summed E-state index contributed by atoms with van der Waals surface area (Å²) >= 11 is 0. The van der Waals surface area contributed by atoms with Gasteiger partial charge >= 0.3 is 12.1 Å². The van der Waals surface area contributed by atoms with E-state index in [1.165, 1.54) is 32.1 Å². The van der Waals surface area contributed by atoms with Crippen molar-refractivity contribution in [2.24, 2.45) is 41.4 Å². The first-order chi connectivity index (χ1) is 15.0. The van der Waals surface area contributed by atoms with Crippen molar-refractivity contribution in [3.63, 3.8) is 0 Å². The fourth-order valence-corrected chi connectivity index (χ4v) is 6.92. The zero-order chi connectivity index (χ0) is 21.8. The maximum Gasteiger partial charge on any atom is 0.508 e. The van der Waals surface area contributed by atoms with Crippen LogP contribution in [0.25, 0.3) is 0 Å². The SMILES string of the molecule is CCN1CCCC(COC(=O)OCC(C)COC(=O)CC2C3CC4CC(C3)CC2C4)C1. The molecule has 0 aromatic heterocycles. The topological polar surface area (TPSA) is 65.1 Å². The van der Waals surface area contributed by atoms with Gasteiger partial charge in [0, 0.05) is 24.8 Å². The van der Waals surface area contributed by atoms with Crippen molar-refractivity contribution in [1.29, 1.82) is 0 Å². The number of rotatable bonds is 9. The van der Waals surface area contributed by atoms with Crippen LogP contribution < -0.4 is 0 Å². The van der Waals surface area contributed by atoms with Crippen molar-refractivity contribution in [1.82, 2.24) is 4.90 Å². The summed E-state index contributed by atoms with van der Waals surface area (Å²) in [4.78, 5) is 26.8. The molecule has 1 saturated heterocycles. The number of hydrogen-bond donors (Lipinski definition) is 0. The highest BCUT2D eigenvalue weighted by Gasteiger charge is 2.48. The van der Waals surface area contributed by atoms with Crippen LogP contribution in [0, 0.1) is 41.4 Å². The second-order valence-corrected chi connectivity index (χ2v) is 10.9. The number of piperidine rings is 1. The second-order valence-electron chi connectivity index (χ2n) is 10.9. The van der Waals surface area contributed by atoms with Crippen molar-refractivity contribution in [2.75, 3.05) is 39.5 Å². The zero-order valence-electron chi connectivity index (χ0n) is 19.4. The van der Waals surface area contributed by atoms with Crippen LogP contribution in [0.2, 0.25) is 0 Å². The Morgan fingerprint density at radius 2 is 1.65 bits per heavy atom. The molecule has 1 heterocycles. The van der Waals surface area contributed by atoms with Crippen LogP contribution in [0.15, 0.2) is 0 Å². The molecule has 5 rings (SSSR count). The number of carbonyl (C=O) groups excluding carboxylic acids is 2. The monoisotopic (exact) mass is 435 g/mol. The summed E-state index contributed by atoms with van der Waals surface area (Å²) in [6.45, 7) is 8.20. The summed E-state index contributed by atoms with van der Waals surface area (Å²) in [6, 6.07) is 0. The number of esters is 1. The van der Waals surface area contributed by atoms with Crippen LogP contribution >= 0.6 is 0 Å². The Balaban J connectivity index is 1.08. The van der Waals surface area contributed by atoms with Crippen molar-refractivity contribution >= 4 is 12.1 Å². The van der Waals surface area contributed by atoms with E-state index in [1.807, 2.05) is 6.92 Å². The lowest BCUT2D eigenvalue weighted by atomic mass is 9.51. The molecule has 31 heavy (non-hydrogen) atoms. The summed E-state index contributed by atoms with van der Waals surface area (Å²) in [5, 5.41) is 0. The fourth-order valence-electron chi connectivity index (χ4n) is 6.92. The molecule has 0 aromatic carbocycles. The van der Waals surface area contributed by atoms with Gasteiger partial charge in [0.25, 0.3) is 0 Å². The average Bonchev–Trinajstić information content (AvgIpc) is 2.77. The molecule has 0 amide bonds. The lowest BCUT2D eigenvalue weighted by Crippen LogP contribution is -2.45. The van der Waals surface area contributed by atoms with E-state index in [0.29, 0.717) is 31.5 Å². The molecule has 5 fully saturated rings. The molecule has 2 atom stereocenters. The molecule has 4 bridgehead atoms. The molecule has 4 saturated carbocycles. The molecule has 1 aliphatic heterocycles. The smallest absolute Gasteiger partial charge is 0.465 e. The molecule has 0 radical (unpaired) electrons. The van der Waals surface area contributed by atoms with Crippen LogP contribution in [-0.2, 0) is 19.0 Å². The van der Waals surface area contributed by atoms with E-state index in [0.717, 1.165) is 56.1 Å². The summed E-state index contributed by atoms with van der Waals surface area (Å²) in [6.07, 6.45) is 8.96. The quantitative estimate of drug-likeness (QED) is 0.497. The molecule has 4 aliphatic carbocycles. The summed E-state index contributed by atoms with van der Waals surface area (Å²) < 4.78 is 16.1. The molecule has 0 N–H and O–H groups in total. The van der Waals surface area contributed by atoms with Gasteiger partial charge in [-0.1, -0.05) is 13.8 Å². The van der Waals surface area contributed by atoms with Gasteiger partial charge in [0.2, 0.25) is 0 Å². The minimum absolute atomic E-state index is 0.0275. The lowest BCUT2D eigenvalue weighted by molar-refractivity contribution is -0.150. The predicted octanol–water partition coefficient (Wildman–Crippen LogP) is 4.51. The van der Waals surface area contributed by atoms with Crippen molar-refractivity contribution in [3.05, 3.63) is 0 Å². The van der Waals surface area contributed by atoms with Crippen LogP contribution in [0.4, 0.5) is 4.79 Å². The zero-order valence-corrected chi connectivity index (χ0v) is 19.4. The Kier molecular flexibility index (Phi) is 7.78. The summed E-state index contributed by atoms with van der Waals surface area (Å²) in [7, 11) is 0. The van der Waals surface area contributed by atoms with Gasteiger partial charge in [-0.2, -0.15) is 0 Å². The highest BCUT2D eigenvalue weighted by Crippen LogP contribution is 2.57. The lowest BCUT2D eigenvalue weighted by Gasteiger charge is -2.54. The normalized spacial score (nSPS) is 35.5. The van der Waals surface area contributed by atoms with Gasteiger partial charge in [-0.05, 0) is 87.6 Å². The number of hydrogen-bond acceptors (Lipinski definition) is 6. The number of carbonyl (C=O) groups is 2. The molecular formula is C25H41NO5. The van der Waals surface area contributed by atoms with Gasteiger partial charge in [0.1, 0.15) is 6.61 Å². The minimum Gasteiger partial charge on any atom is -0.465 e. The highest BCUT2D eigenvalue weighted by atomic mass is 16.7. The van der Waals surface area contributed by atoms with Gasteiger partial charge in [0.05, 0.1) is 13.2 Å². The van der Waals surface area contributed by atoms with E-state index in [9.17, 15) is 9.59 Å². The molecular weight excluding hydrogens is 394 g/mol. The third-order valence-corrected chi connectivity index (χ3v) is 8.33. The maximum atomic E-state index is 12.4. The van der Waals surface area contributed by atoms with E-state index in [1.54, 1.807) is 0 Å². The Hall–Kier alpha value is -1.30. The summed E-state index contributed by atoms with van der Waals surface area (Å²) in [5.41, 5.74) is 0. The molecule has 176 valence electrons. The van der Waals surface area contributed by atoms with E-state index in [-0.39, 0.29) is 18.5 Å². The molecule has 6 nitrogen and oxygen atoms in total. The molecule has 5 aliphatic rings. The molecule has 2 unspecified atom stereocenters. The van der Waals surface area contributed by atoms with Gasteiger partial charge < -0.3 is 19.1 Å². The van der Waals surface area contributed by atoms with Gasteiger partial charge in [-0.15, -0.1) is 0 Å². The average molecular weight is 436 g/mol. The number of nitrogens with zero attached hydrogens (tertiary/aromatic N) is 1. The first kappa shape index (κ1) is 22.9. The first-order valence-electron chi connectivity index (χ1n) is 12.7. The minimum atomic E-state index is -0.611. The van der Waals surface area contributed by atoms with Crippen molar-refractivity contribution in [3.8, 4) is 0 Å². The standard InChI is InChI=1S/C25H41NO5/c1-3-26-6-4-5-18(13-26)16-31-25(28)30-15-17(2)14-29-24(27)12-23-21-8-19-7-20(10-21)11-22(23)9-19/h17-23H,3-16H2,1-2H3. The largest absolute Gasteiger partial charge is 0.508 e. The Bertz CT molecular complexity index is 595. The number of likely N-dealkylation sites (tertiary alicyclic amines) is 1. The highest BCUT2D eigenvalue weighted by molar-refractivity contribution is 5.69. The third-order valence-electron chi connectivity index (χ3n) is 8.33.